The van der Waals surface area contributed by atoms with Crippen LogP contribution in [0.1, 0.15) is 21.7 Å². The highest BCUT2D eigenvalue weighted by Crippen LogP contribution is 2.35. The molecule has 0 saturated carbocycles. The second-order valence-corrected chi connectivity index (χ2v) is 10.1. The van der Waals surface area contributed by atoms with Crippen molar-refractivity contribution in [1.29, 1.82) is 0 Å². The molecule has 7 heteroatoms. The Morgan fingerprint density at radius 2 is 2.09 bits per heavy atom. The van der Waals surface area contributed by atoms with Gasteiger partial charge in [0.1, 0.15) is 30.5 Å². The van der Waals surface area contributed by atoms with Crippen LogP contribution in [-0.2, 0) is 11.4 Å². The molecule has 0 aliphatic carbocycles. The molecule has 0 bridgehead atoms. The lowest BCUT2D eigenvalue weighted by molar-refractivity contribution is -0.141. The van der Waals surface area contributed by atoms with Crippen LogP contribution in [0.2, 0.25) is 0 Å². The molecule has 2 aliphatic heterocycles. The van der Waals surface area contributed by atoms with Crippen molar-refractivity contribution in [1.82, 2.24) is 4.90 Å². The number of benzene rings is 2. The predicted molar refractivity (Wildman–Crippen MR) is 131 cm³/mol. The van der Waals surface area contributed by atoms with E-state index in [0.717, 1.165) is 17.0 Å². The maximum Gasteiger partial charge on any atom is 0.307 e. The molecule has 0 amide bonds. The summed E-state index contributed by atoms with van der Waals surface area (Å²) in [6.45, 7) is 4.64. The number of carboxylic acids is 1. The van der Waals surface area contributed by atoms with Gasteiger partial charge in [-0.05, 0) is 48.7 Å². The Balaban J connectivity index is 1.25. The van der Waals surface area contributed by atoms with Crippen molar-refractivity contribution >= 4 is 23.4 Å². The number of thiophene rings is 1. The van der Waals surface area contributed by atoms with Crippen LogP contribution in [0.4, 0.5) is 4.39 Å². The lowest BCUT2D eigenvalue weighted by atomic mass is 10.1. The van der Waals surface area contributed by atoms with E-state index < -0.39 is 5.97 Å². The number of carboxylic acid groups (broad SMARTS) is 1. The number of likely N-dealkylation sites (tertiary alicyclic amines) is 1. The van der Waals surface area contributed by atoms with Gasteiger partial charge in [-0.1, -0.05) is 30.3 Å². The summed E-state index contributed by atoms with van der Waals surface area (Å²) in [7, 11) is 0. The Hall–Kier alpha value is -3.16. The molecule has 2 aromatic carbocycles. The summed E-state index contributed by atoms with van der Waals surface area (Å²) in [5, 5.41) is 9.19. The number of nitrogens with zero attached hydrogens (tertiary/aromatic N) is 1. The fourth-order valence-corrected chi connectivity index (χ4v) is 5.53. The average Bonchev–Trinajstić information content (AvgIpc) is 3.45. The van der Waals surface area contributed by atoms with Crippen LogP contribution in [0, 0.1) is 18.7 Å². The van der Waals surface area contributed by atoms with E-state index in [2.05, 4.69) is 30.0 Å². The largest absolute Gasteiger partial charge is 0.488 e. The number of rotatable bonds is 7. The van der Waals surface area contributed by atoms with Crippen molar-refractivity contribution in [3.05, 3.63) is 75.2 Å². The first kappa shape index (κ1) is 22.6. The van der Waals surface area contributed by atoms with Gasteiger partial charge in [-0.15, -0.1) is 11.3 Å². The molecule has 1 atom stereocenters. The van der Waals surface area contributed by atoms with Gasteiger partial charge in [-0.25, -0.2) is 4.39 Å². The van der Waals surface area contributed by atoms with Crippen LogP contribution in [0.5, 0.6) is 11.5 Å². The number of hydrogen-bond acceptors (Lipinski definition) is 5. The van der Waals surface area contributed by atoms with Crippen molar-refractivity contribution in [3.63, 3.8) is 0 Å². The number of aryl methyl sites for hydroxylation is 1. The van der Waals surface area contributed by atoms with Crippen LogP contribution in [0.3, 0.4) is 0 Å². The van der Waals surface area contributed by atoms with E-state index in [4.69, 9.17) is 9.47 Å². The van der Waals surface area contributed by atoms with Crippen LogP contribution in [0.25, 0.3) is 17.2 Å². The van der Waals surface area contributed by atoms with Crippen LogP contribution < -0.4 is 9.47 Å². The van der Waals surface area contributed by atoms with Gasteiger partial charge in [0.05, 0.1) is 11.5 Å². The number of halogens is 1. The number of hydrogen-bond donors (Lipinski definition) is 1. The molecule has 5 nitrogen and oxygen atoms in total. The first-order valence-electron chi connectivity index (χ1n) is 11.3. The van der Waals surface area contributed by atoms with E-state index in [1.54, 1.807) is 17.4 Å². The van der Waals surface area contributed by atoms with Gasteiger partial charge in [-0.2, -0.15) is 0 Å². The van der Waals surface area contributed by atoms with Gasteiger partial charge in [0.2, 0.25) is 0 Å². The smallest absolute Gasteiger partial charge is 0.307 e. The molecular formula is C27H26FNO4S. The van der Waals surface area contributed by atoms with Gasteiger partial charge >= 0.3 is 5.97 Å². The van der Waals surface area contributed by atoms with Crippen molar-refractivity contribution in [3.8, 4) is 22.6 Å². The molecule has 1 N–H and O–H groups in total. The molecule has 1 unspecified atom stereocenters. The van der Waals surface area contributed by atoms with Gasteiger partial charge in [0, 0.05) is 35.0 Å². The fourth-order valence-electron chi connectivity index (χ4n) is 4.56. The molecule has 0 radical (unpaired) electrons. The van der Waals surface area contributed by atoms with Crippen LogP contribution in [0.15, 0.2) is 54.1 Å². The fraction of sp³-hybridized carbons (Fsp3) is 0.296. The normalized spacial score (nSPS) is 17.7. The molecule has 34 heavy (non-hydrogen) atoms. The van der Waals surface area contributed by atoms with Gasteiger partial charge in [0.25, 0.3) is 0 Å². The first-order valence-corrected chi connectivity index (χ1v) is 12.2. The second kappa shape index (κ2) is 9.60. The molecule has 2 aliphatic rings. The monoisotopic (exact) mass is 479 g/mol. The van der Waals surface area contributed by atoms with Gasteiger partial charge in [-0.3, -0.25) is 9.69 Å². The zero-order valence-electron chi connectivity index (χ0n) is 18.9. The third kappa shape index (κ3) is 4.86. The number of ether oxygens (including phenoxy) is 2. The molecule has 3 heterocycles. The molecule has 3 aromatic rings. The Bertz CT molecular complexity index is 1240. The van der Waals surface area contributed by atoms with Crippen LogP contribution >= 0.6 is 11.3 Å². The standard InChI is InChI=1S/C27H26FNO4S/c1-17-23(19-5-3-2-4-6-19)12-22(34-17)16-32-21-10-25(28)24-9-18(15-33-26(24)11-21)13-29-8-7-20(14-29)27(30)31/h2-6,9-12,20H,7-8,13-16H2,1H3,(H,30,31). The highest BCUT2D eigenvalue weighted by atomic mass is 32.1. The maximum atomic E-state index is 14.9. The molecule has 5 rings (SSSR count). The lowest BCUT2D eigenvalue weighted by Gasteiger charge is -2.23. The topological polar surface area (TPSA) is 59.0 Å². The lowest BCUT2D eigenvalue weighted by Crippen LogP contribution is -2.27. The third-order valence-electron chi connectivity index (χ3n) is 6.31. The Morgan fingerprint density at radius 3 is 2.85 bits per heavy atom. The number of fused-ring (bicyclic) bond motifs is 1. The van der Waals surface area contributed by atoms with Crippen molar-refractivity contribution in [2.24, 2.45) is 5.92 Å². The molecule has 0 spiro atoms. The summed E-state index contributed by atoms with van der Waals surface area (Å²) in [4.78, 5) is 15.6. The predicted octanol–water partition coefficient (Wildman–Crippen LogP) is 5.62. The molecule has 1 aromatic heterocycles. The van der Waals surface area contributed by atoms with E-state index >= 15 is 0 Å². The summed E-state index contributed by atoms with van der Waals surface area (Å²) in [5.41, 5.74) is 3.72. The van der Waals surface area contributed by atoms with Crippen molar-refractivity contribution in [2.45, 2.75) is 20.0 Å². The van der Waals surface area contributed by atoms with E-state index in [1.165, 1.54) is 22.1 Å². The minimum atomic E-state index is -0.755. The summed E-state index contributed by atoms with van der Waals surface area (Å²) in [5.74, 6) is -0.568. The van der Waals surface area contributed by atoms with Crippen LogP contribution in [-0.4, -0.2) is 42.2 Å². The number of carbonyl (C=O) groups is 1. The van der Waals surface area contributed by atoms with E-state index in [9.17, 15) is 14.3 Å². The Labute approximate surface area is 202 Å². The third-order valence-corrected chi connectivity index (χ3v) is 7.33. The first-order chi connectivity index (χ1) is 16.5. The Kier molecular flexibility index (Phi) is 6.39. The maximum absolute atomic E-state index is 14.9. The minimum Gasteiger partial charge on any atom is -0.488 e. The van der Waals surface area contributed by atoms with E-state index in [-0.39, 0.29) is 11.7 Å². The van der Waals surface area contributed by atoms with Crippen molar-refractivity contribution < 1.29 is 23.8 Å². The zero-order valence-corrected chi connectivity index (χ0v) is 19.7. The minimum absolute atomic E-state index is 0.329. The van der Waals surface area contributed by atoms with E-state index in [0.29, 0.717) is 49.8 Å². The second-order valence-electron chi connectivity index (χ2n) is 8.80. The molecule has 1 fully saturated rings. The zero-order chi connectivity index (χ0) is 23.7. The number of aliphatic carboxylic acids is 1. The quantitative estimate of drug-likeness (QED) is 0.476. The van der Waals surface area contributed by atoms with E-state index in [1.807, 2.05) is 24.3 Å². The molecule has 176 valence electrons. The van der Waals surface area contributed by atoms with Gasteiger partial charge in [0.15, 0.2) is 0 Å². The summed E-state index contributed by atoms with van der Waals surface area (Å²) in [6.07, 6.45) is 2.46. The van der Waals surface area contributed by atoms with Crippen molar-refractivity contribution in [2.75, 3.05) is 26.2 Å². The Morgan fingerprint density at radius 1 is 1.26 bits per heavy atom. The highest BCUT2D eigenvalue weighted by Gasteiger charge is 2.29. The highest BCUT2D eigenvalue weighted by molar-refractivity contribution is 7.12. The van der Waals surface area contributed by atoms with Gasteiger partial charge < -0.3 is 14.6 Å². The SMILES string of the molecule is Cc1sc(COc2cc(F)c3c(c2)OCC(CN2CCC(C(=O)O)C2)=C3)cc1-c1ccccc1. The molecule has 1 saturated heterocycles. The average molecular weight is 480 g/mol. The summed E-state index contributed by atoms with van der Waals surface area (Å²) in [6, 6.07) is 15.5. The molecular weight excluding hydrogens is 453 g/mol. The summed E-state index contributed by atoms with van der Waals surface area (Å²) < 4.78 is 26.7. The summed E-state index contributed by atoms with van der Waals surface area (Å²) >= 11 is 1.68.